The van der Waals surface area contributed by atoms with Gasteiger partial charge in [-0.1, -0.05) is 23.2 Å². The summed E-state index contributed by atoms with van der Waals surface area (Å²) in [5.41, 5.74) is 0. The van der Waals surface area contributed by atoms with E-state index in [0.29, 0.717) is 22.2 Å². The minimum Gasteiger partial charge on any atom is -0.480 e. The minimum absolute atomic E-state index is 0.0537. The lowest BCUT2D eigenvalue weighted by molar-refractivity contribution is -0.136. The molecule has 2 aliphatic heterocycles. The van der Waals surface area contributed by atoms with Crippen molar-refractivity contribution in [1.29, 1.82) is 0 Å². The Morgan fingerprint density at radius 2 is 1.76 bits per heavy atom. The Morgan fingerprint density at radius 3 is 2.43 bits per heavy atom. The van der Waals surface area contributed by atoms with Crippen LogP contribution in [0.25, 0.3) is 0 Å². The van der Waals surface area contributed by atoms with Crippen molar-refractivity contribution in [2.75, 3.05) is 19.8 Å². The van der Waals surface area contributed by atoms with Crippen molar-refractivity contribution in [2.45, 2.75) is 31.4 Å². The molecule has 0 radical (unpaired) electrons. The molecule has 0 N–H and O–H groups in total. The van der Waals surface area contributed by atoms with Gasteiger partial charge in [0, 0.05) is 42.3 Å². The molecule has 21 heavy (non-hydrogen) atoms. The summed E-state index contributed by atoms with van der Waals surface area (Å²) in [6, 6.07) is 5.28. The monoisotopic (exact) mass is 329 g/mol. The van der Waals surface area contributed by atoms with Gasteiger partial charge in [-0.05, 0) is 31.0 Å². The normalized spacial score (nSPS) is 23.6. The molecule has 3 rings (SSSR count). The van der Waals surface area contributed by atoms with Crippen molar-refractivity contribution in [3.05, 3.63) is 28.2 Å². The number of ether oxygens (including phenoxy) is 2. The van der Waals surface area contributed by atoms with Crippen LogP contribution in [0.15, 0.2) is 18.2 Å². The van der Waals surface area contributed by atoms with Crippen LogP contribution in [0.3, 0.4) is 0 Å². The van der Waals surface area contributed by atoms with Crippen LogP contribution in [0.1, 0.15) is 19.3 Å². The molecule has 6 heteroatoms. The molecule has 0 aromatic heterocycles. The highest BCUT2D eigenvalue weighted by Crippen LogP contribution is 2.28. The van der Waals surface area contributed by atoms with Crippen molar-refractivity contribution in [2.24, 2.45) is 0 Å². The SMILES string of the molecule is O=C1C(Oc2cc(Cl)cc(Cl)c2)CCN1C1CCOCC1. The fourth-order valence-corrected chi connectivity index (χ4v) is 3.41. The van der Waals surface area contributed by atoms with E-state index in [-0.39, 0.29) is 11.9 Å². The highest BCUT2D eigenvalue weighted by Gasteiger charge is 2.37. The number of hydrogen-bond donors (Lipinski definition) is 0. The summed E-state index contributed by atoms with van der Waals surface area (Å²) < 4.78 is 11.1. The molecule has 1 amide bonds. The van der Waals surface area contributed by atoms with Gasteiger partial charge in [-0.3, -0.25) is 4.79 Å². The zero-order valence-corrected chi connectivity index (χ0v) is 13.1. The van der Waals surface area contributed by atoms with Crippen LogP contribution in [0.2, 0.25) is 10.0 Å². The molecule has 114 valence electrons. The second kappa shape index (κ2) is 6.42. The Morgan fingerprint density at radius 1 is 1.10 bits per heavy atom. The van der Waals surface area contributed by atoms with Crippen LogP contribution < -0.4 is 4.74 Å². The van der Waals surface area contributed by atoms with Gasteiger partial charge in [-0.2, -0.15) is 0 Å². The van der Waals surface area contributed by atoms with E-state index >= 15 is 0 Å². The van der Waals surface area contributed by atoms with Crippen LogP contribution in [0.5, 0.6) is 5.75 Å². The van der Waals surface area contributed by atoms with E-state index in [1.165, 1.54) is 0 Å². The second-order valence-corrected chi connectivity index (χ2v) is 6.25. The average Bonchev–Trinajstić information content (AvgIpc) is 2.80. The first-order valence-corrected chi connectivity index (χ1v) is 7.90. The smallest absolute Gasteiger partial charge is 0.263 e. The third kappa shape index (κ3) is 3.44. The van der Waals surface area contributed by atoms with E-state index in [1.807, 2.05) is 4.90 Å². The predicted octanol–water partition coefficient (Wildman–Crippen LogP) is 3.15. The quantitative estimate of drug-likeness (QED) is 0.855. The van der Waals surface area contributed by atoms with Crippen LogP contribution in [0, 0.1) is 0 Å². The number of amides is 1. The number of benzene rings is 1. The number of nitrogens with zero attached hydrogens (tertiary/aromatic N) is 1. The van der Waals surface area contributed by atoms with Crippen molar-refractivity contribution in [1.82, 2.24) is 4.90 Å². The summed E-state index contributed by atoms with van der Waals surface area (Å²) in [5.74, 6) is 0.595. The first kappa shape index (κ1) is 14.9. The maximum atomic E-state index is 12.5. The van der Waals surface area contributed by atoms with Crippen molar-refractivity contribution in [3.8, 4) is 5.75 Å². The van der Waals surface area contributed by atoms with E-state index < -0.39 is 6.10 Å². The van der Waals surface area contributed by atoms with Gasteiger partial charge >= 0.3 is 0 Å². The Balaban J connectivity index is 1.66. The third-order valence-electron chi connectivity index (χ3n) is 3.94. The topological polar surface area (TPSA) is 38.8 Å². The predicted molar refractivity (Wildman–Crippen MR) is 81.0 cm³/mol. The Bertz CT molecular complexity index is 511. The number of rotatable bonds is 3. The van der Waals surface area contributed by atoms with E-state index in [1.54, 1.807) is 18.2 Å². The number of hydrogen-bond acceptors (Lipinski definition) is 3. The molecule has 2 heterocycles. The summed E-state index contributed by atoms with van der Waals surface area (Å²) in [6.07, 6.45) is 2.06. The standard InChI is InChI=1S/C15H17Cl2NO3/c16-10-7-11(17)9-13(8-10)21-14-1-4-18(15(14)19)12-2-5-20-6-3-12/h7-9,12,14H,1-6H2. The average molecular weight is 330 g/mol. The molecule has 0 saturated carbocycles. The molecule has 0 spiro atoms. The van der Waals surface area contributed by atoms with Gasteiger partial charge in [-0.25, -0.2) is 0 Å². The summed E-state index contributed by atoms with van der Waals surface area (Å²) in [5, 5.41) is 1.01. The summed E-state index contributed by atoms with van der Waals surface area (Å²) >= 11 is 11.9. The van der Waals surface area contributed by atoms with Gasteiger partial charge in [-0.15, -0.1) is 0 Å². The highest BCUT2D eigenvalue weighted by molar-refractivity contribution is 6.34. The lowest BCUT2D eigenvalue weighted by Gasteiger charge is -2.31. The molecular formula is C15H17Cl2NO3. The Kier molecular flexibility index (Phi) is 4.57. The molecule has 1 aromatic carbocycles. The van der Waals surface area contributed by atoms with Crippen LogP contribution in [-0.4, -0.2) is 42.7 Å². The molecule has 0 bridgehead atoms. The molecule has 1 aromatic rings. The molecule has 4 nitrogen and oxygen atoms in total. The lowest BCUT2D eigenvalue weighted by atomic mass is 10.1. The minimum atomic E-state index is -0.442. The number of likely N-dealkylation sites (tertiary alicyclic amines) is 1. The lowest BCUT2D eigenvalue weighted by Crippen LogP contribution is -2.42. The van der Waals surface area contributed by atoms with Crippen LogP contribution in [-0.2, 0) is 9.53 Å². The van der Waals surface area contributed by atoms with Gasteiger partial charge in [0.2, 0.25) is 0 Å². The first-order valence-electron chi connectivity index (χ1n) is 7.14. The van der Waals surface area contributed by atoms with E-state index in [0.717, 1.165) is 32.6 Å². The van der Waals surface area contributed by atoms with Gasteiger partial charge in [0.25, 0.3) is 5.91 Å². The van der Waals surface area contributed by atoms with Crippen LogP contribution in [0.4, 0.5) is 0 Å². The fraction of sp³-hybridized carbons (Fsp3) is 0.533. The Hall–Kier alpha value is -0.970. The largest absolute Gasteiger partial charge is 0.480 e. The summed E-state index contributed by atoms with van der Waals surface area (Å²) in [7, 11) is 0. The Labute approximate surface area is 133 Å². The van der Waals surface area contributed by atoms with E-state index in [2.05, 4.69) is 0 Å². The van der Waals surface area contributed by atoms with Gasteiger partial charge in [0.15, 0.2) is 6.10 Å². The van der Waals surface area contributed by atoms with E-state index in [9.17, 15) is 4.79 Å². The van der Waals surface area contributed by atoms with Crippen molar-refractivity contribution < 1.29 is 14.3 Å². The third-order valence-corrected chi connectivity index (χ3v) is 4.37. The van der Waals surface area contributed by atoms with Gasteiger partial charge in [0.05, 0.1) is 0 Å². The zero-order chi connectivity index (χ0) is 14.8. The molecular weight excluding hydrogens is 313 g/mol. The van der Waals surface area contributed by atoms with Gasteiger partial charge in [0.1, 0.15) is 5.75 Å². The van der Waals surface area contributed by atoms with E-state index in [4.69, 9.17) is 32.7 Å². The first-order chi connectivity index (χ1) is 10.1. The number of carbonyl (C=O) groups excluding carboxylic acids is 1. The molecule has 0 aliphatic carbocycles. The van der Waals surface area contributed by atoms with Gasteiger partial charge < -0.3 is 14.4 Å². The zero-order valence-electron chi connectivity index (χ0n) is 11.6. The van der Waals surface area contributed by atoms with Crippen molar-refractivity contribution in [3.63, 3.8) is 0 Å². The molecule has 2 fully saturated rings. The molecule has 2 saturated heterocycles. The maximum absolute atomic E-state index is 12.5. The maximum Gasteiger partial charge on any atom is 0.263 e. The summed E-state index contributed by atoms with van der Waals surface area (Å²) in [6.45, 7) is 2.19. The second-order valence-electron chi connectivity index (χ2n) is 5.38. The number of carbonyl (C=O) groups is 1. The molecule has 2 aliphatic rings. The molecule has 1 atom stereocenters. The molecule has 1 unspecified atom stereocenters. The van der Waals surface area contributed by atoms with Crippen LogP contribution >= 0.6 is 23.2 Å². The number of halogens is 2. The highest BCUT2D eigenvalue weighted by atomic mass is 35.5. The summed E-state index contributed by atoms with van der Waals surface area (Å²) in [4.78, 5) is 14.4. The van der Waals surface area contributed by atoms with Crippen molar-refractivity contribution >= 4 is 29.1 Å². The fourth-order valence-electron chi connectivity index (χ4n) is 2.90.